The van der Waals surface area contributed by atoms with Gasteiger partial charge in [-0.05, 0) is 58.1 Å². The summed E-state index contributed by atoms with van der Waals surface area (Å²) in [6, 6.07) is 8.42. The molecule has 0 atom stereocenters. The monoisotopic (exact) mass is 413 g/mol. The molecule has 0 aromatic heterocycles. The van der Waals surface area contributed by atoms with Crippen LogP contribution < -0.4 is 9.64 Å². The Morgan fingerprint density at radius 1 is 1.00 bits per heavy atom. The van der Waals surface area contributed by atoms with E-state index in [0.717, 1.165) is 76.3 Å². The van der Waals surface area contributed by atoms with Gasteiger partial charge in [0.1, 0.15) is 5.75 Å². The topological polar surface area (TPSA) is 53.1 Å². The van der Waals surface area contributed by atoms with Crippen LogP contribution in [0.5, 0.6) is 5.75 Å². The van der Waals surface area contributed by atoms with Gasteiger partial charge in [-0.2, -0.15) is 0 Å². The van der Waals surface area contributed by atoms with Crippen molar-refractivity contribution in [3.8, 4) is 5.75 Å². The summed E-state index contributed by atoms with van der Waals surface area (Å²) in [5.41, 5.74) is 0.890. The number of carbonyl (C=O) groups excluding carboxylic acids is 2. The number of anilines is 1. The third kappa shape index (κ3) is 4.64. The molecule has 6 heteroatoms. The Bertz CT molecular complexity index is 750. The molecule has 0 unspecified atom stereocenters. The van der Waals surface area contributed by atoms with Crippen LogP contribution in [0.4, 0.5) is 5.69 Å². The fourth-order valence-electron chi connectivity index (χ4n) is 5.01. The molecule has 3 aliphatic rings. The molecule has 2 saturated heterocycles. The van der Waals surface area contributed by atoms with E-state index in [2.05, 4.69) is 23.6 Å². The van der Waals surface area contributed by atoms with E-state index in [4.69, 9.17) is 4.74 Å². The summed E-state index contributed by atoms with van der Waals surface area (Å²) in [6.45, 7) is 8.87. The quantitative estimate of drug-likeness (QED) is 0.743. The zero-order valence-corrected chi connectivity index (χ0v) is 18.4. The van der Waals surface area contributed by atoms with E-state index in [-0.39, 0.29) is 17.9 Å². The van der Waals surface area contributed by atoms with Crippen molar-refractivity contribution >= 4 is 17.5 Å². The number of nitrogens with zero attached hydrogens (tertiary/aromatic N) is 3. The second-order valence-corrected chi connectivity index (χ2v) is 9.16. The van der Waals surface area contributed by atoms with Gasteiger partial charge in [-0.15, -0.1) is 0 Å². The molecule has 4 rings (SSSR count). The molecule has 0 N–H and O–H groups in total. The first kappa shape index (κ1) is 21.2. The van der Waals surface area contributed by atoms with Crippen molar-refractivity contribution in [3.05, 3.63) is 24.3 Å². The van der Waals surface area contributed by atoms with Crippen molar-refractivity contribution < 1.29 is 14.3 Å². The highest BCUT2D eigenvalue weighted by Gasteiger charge is 2.33. The number of rotatable bonds is 5. The van der Waals surface area contributed by atoms with Crippen LogP contribution in [0, 0.1) is 5.92 Å². The number of benzene rings is 1. The van der Waals surface area contributed by atoms with Gasteiger partial charge in [0, 0.05) is 51.1 Å². The van der Waals surface area contributed by atoms with Crippen molar-refractivity contribution in [1.29, 1.82) is 0 Å². The molecule has 6 nitrogen and oxygen atoms in total. The summed E-state index contributed by atoms with van der Waals surface area (Å²) in [5.74, 6) is 1.44. The zero-order valence-electron chi connectivity index (χ0n) is 18.4. The second kappa shape index (κ2) is 9.38. The fraction of sp³-hybridized carbons (Fsp3) is 0.667. The Hall–Kier alpha value is -2.08. The molecule has 3 fully saturated rings. The lowest BCUT2D eigenvalue weighted by molar-refractivity contribution is -0.139. The van der Waals surface area contributed by atoms with Gasteiger partial charge in [-0.3, -0.25) is 14.5 Å². The smallest absolute Gasteiger partial charge is 0.227 e. The van der Waals surface area contributed by atoms with Gasteiger partial charge < -0.3 is 14.5 Å². The van der Waals surface area contributed by atoms with Crippen molar-refractivity contribution in [2.75, 3.05) is 37.6 Å². The van der Waals surface area contributed by atoms with Gasteiger partial charge in [0.05, 0.1) is 11.8 Å². The molecule has 0 bridgehead atoms. The SMILES string of the molecule is CC(C)N1CCN(C(=O)[C@H]2CC[C@H](Oc3ccccc3N3CCCC3=O)CC2)CC1. The van der Waals surface area contributed by atoms with Crippen molar-refractivity contribution in [2.24, 2.45) is 5.92 Å². The summed E-state index contributed by atoms with van der Waals surface area (Å²) < 4.78 is 6.34. The van der Waals surface area contributed by atoms with E-state index in [1.807, 2.05) is 29.2 Å². The molecular formula is C24H35N3O3. The van der Waals surface area contributed by atoms with E-state index in [1.54, 1.807) is 0 Å². The van der Waals surface area contributed by atoms with Crippen LogP contribution in [0.1, 0.15) is 52.4 Å². The van der Waals surface area contributed by atoms with Gasteiger partial charge in [0.15, 0.2) is 0 Å². The number of hydrogen-bond acceptors (Lipinski definition) is 4. The lowest BCUT2D eigenvalue weighted by atomic mass is 9.86. The van der Waals surface area contributed by atoms with E-state index >= 15 is 0 Å². The van der Waals surface area contributed by atoms with Gasteiger partial charge in [0.2, 0.25) is 11.8 Å². The van der Waals surface area contributed by atoms with Crippen molar-refractivity contribution in [3.63, 3.8) is 0 Å². The summed E-state index contributed by atoms with van der Waals surface area (Å²) in [7, 11) is 0. The van der Waals surface area contributed by atoms with E-state index < -0.39 is 0 Å². The molecule has 164 valence electrons. The van der Waals surface area contributed by atoms with Crippen molar-refractivity contribution in [2.45, 2.75) is 64.5 Å². The Kier molecular flexibility index (Phi) is 6.61. The standard InChI is InChI=1S/C24H35N3O3/c1-18(2)25-14-16-26(17-15-25)24(29)19-9-11-20(12-10-19)30-22-7-4-3-6-21(22)27-13-5-8-23(27)28/h3-4,6-7,18-20H,5,8-17H2,1-2H3/t19-,20-. The summed E-state index contributed by atoms with van der Waals surface area (Å²) in [4.78, 5) is 31.5. The molecule has 1 aromatic carbocycles. The minimum atomic E-state index is 0.116. The Labute approximate surface area is 180 Å². The number of ether oxygens (including phenoxy) is 1. The molecule has 0 spiro atoms. The second-order valence-electron chi connectivity index (χ2n) is 9.16. The van der Waals surface area contributed by atoms with Gasteiger partial charge in [0.25, 0.3) is 0 Å². The fourth-order valence-corrected chi connectivity index (χ4v) is 5.01. The molecular weight excluding hydrogens is 378 g/mol. The Morgan fingerprint density at radius 3 is 2.33 bits per heavy atom. The van der Waals surface area contributed by atoms with Gasteiger partial charge in [-0.1, -0.05) is 12.1 Å². The van der Waals surface area contributed by atoms with E-state index in [9.17, 15) is 9.59 Å². The van der Waals surface area contributed by atoms with Crippen molar-refractivity contribution in [1.82, 2.24) is 9.80 Å². The first-order valence-electron chi connectivity index (χ1n) is 11.6. The molecule has 2 aliphatic heterocycles. The highest BCUT2D eigenvalue weighted by atomic mass is 16.5. The summed E-state index contributed by atoms with van der Waals surface area (Å²) in [5, 5.41) is 0. The summed E-state index contributed by atoms with van der Waals surface area (Å²) in [6.07, 6.45) is 5.21. The Morgan fingerprint density at radius 2 is 1.70 bits per heavy atom. The lowest BCUT2D eigenvalue weighted by Gasteiger charge is -2.39. The molecule has 2 heterocycles. The number of amides is 2. The minimum absolute atomic E-state index is 0.116. The van der Waals surface area contributed by atoms with Crippen LogP contribution in [-0.4, -0.2) is 66.5 Å². The highest BCUT2D eigenvalue weighted by molar-refractivity contribution is 5.96. The van der Waals surface area contributed by atoms with Crippen LogP contribution in [0.25, 0.3) is 0 Å². The number of hydrogen-bond donors (Lipinski definition) is 0. The van der Waals surface area contributed by atoms with Crippen LogP contribution in [0.3, 0.4) is 0 Å². The van der Waals surface area contributed by atoms with Crippen LogP contribution in [0.15, 0.2) is 24.3 Å². The van der Waals surface area contributed by atoms with Crippen LogP contribution in [0.2, 0.25) is 0 Å². The van der Waals surface area contributed by atoms with E-state index in [1.165, 1.54) is 0 Å². The van der Waals surface area contributed by atoms with E-state index in [0.29, 0.717) is 18.4 Å². The molecule has 2 amide bonds. The molecule has 1 aliphatic carbocycles. The third-order valence-corrected chi connectivity index (χ3v) is 6.90. The minimum Gasteiger partial charge on any atom is -0.488 e. The molecule has 30 heavy (non-hydrogen) atoms. The number of piperazine rings is 1. The lowest BCUT2D eigenvalue weighted by Crippen LogP contribution is -2.52. The maximum absolute atomic E-state index is 13.0. The zero-order chi connectivity index (χ0) is 21.1. The number of para-hydroxylation sites is 2. The van der Waals surface area contributed by atoms with Crippen LogP contribution in [-0.2, 0) is 9.59 Å². The first-order chi connectivity index (χ1) is 14.5. The third-order valence-electron chi connectivity index (χ3n) is 6.90. The summed E-state index contributed by atoms with van der Waals surface area (Å²) >= 11 is 0. The predicted molar refractivity (Wildman–Crippen MR) is 118 cm³/mol. The van der Waals surface area contributed by atoms with Gasteiger partial charge in [-0.25, -0.2) is 0 Å². The van der Waals surface area contributed by atoms with Crippen LogP contribution >= 0.6 is 0 Å². The first-order valence-corrected chi connectivity index (χ1v) is 11.6. The number of carbonyl (C=O) groups is 2. The maximum atomic E-state index is 13.0. The van der Waals surface area contributed by atoms with Gasteiger partial charge >= 0.3 is 0 Å². The molecule has 1 aromatic rings. The largest absolute Gasteiger partial charge is 0.488 e. The highest BCUT2D eigenvalue weighted by Crippen LogP contribution is 2.35. The maximum Gasteiger partial charge on any atom is 0.227 e. The predicted octanol–water partition coefficient (Wildman–Crippen LogP) is 3.30. The molecule has 0 radical (unpaired) electrons. The average molecular weight is 414 g/mol. The Balaban J connectivity index is 1.29. The molecule has 1 saturated carbocycles. The normalized spacial score (nSPS) is 25.8. The average Bonchev–Trinajstić information content (AvgIpc) is 3.20.